The van der Waals surface area contributed by atoms with Gasteiger partial charge >= 0.3 is 5.97 Å². The van der Waals surface area contributed by atoms with Crippen molar-refractivity contribution in [2.75, 3.05) is 26.0 Å². The van der Waals surface area contributed by atoms with Crippen LogP contribution in [0.25, 0.3) is 0 Å². The number of nitrogens with one attached hydrogen (secondary N) is 1. The van der Waals surface area contributed by atoms with Crippen molar-refractivity contribution in [3.8, 4) is 0 Å². The lowest BCUT2D eigenvalue weighted by atomic mass is 10.2. The number of carbonyl (C=O) groups is 2. The lowest BCUT2D eigenvalue weighted by molar-refractivity contribution is -0.383. The maximum Gasteiger partial charge on any atom is 0.338 e. The van der Waals surface area contributed by atoms with Crippen molar-refractivity contribution < 1.29 is 27.7 Å². The van der Waals surface area contributed by atoms with Crippen LogP contribution in [-0.4, -0.2) is 50.2 Å². The summed E-state index contributed by atoms with van der Waals surface area (Å²) in [7, 11) is -1.28. The summed E-state index contributed by atoms with van der Waals surface area (Å²) >= 11 is 5.91. The first-order chi connectivity index (χ1) is 13.5. The van der Waals surface area contributed by atoms with E-state index in [1.54, 1.807) is 0 Å². The van der Waals surface area contributed by atoms with Crippen molar-refractivity contribution in [3.63, 3.8) is 0 Å². The van der Waals surface area contributed by atoms with Gasteiger partial charge in [-0.15, -0.1) is 0 Å². The second-order valence-electron chi connectivity index (χ2n) is 5.83. The largest absolute Gasteiger partial charge is 0.452 e. The highest BCUT2D eigenvalue weighted by atomic mass is 35.5. The van der Waals surface area contributed by atoms with Crippen molar-refractivity contribution in [3.05, 3.63) is 63.2 Å². The fourth-order valence-corrected chi connectivity index (χ4v) is 3.56. The molecule has 0 saturated heterocycles. The van der Waals surface area contributed by atoms with Crippen LogP contribution in [0, 0.1) is 10.1 Å². The third-order valence-electron chi connectivity index (χ3n) is 3.63. The number of ether oxygens (including phenoxy) is 1. The topological polar surface area (TPSA) is 136 Å². The molecular weight excluding hydrogens is 426 g/mol. The summed E-state index contributed by atoms with van der Waals surface area (Å²) in [6, 6.07) is 8.99. The summed E-state index contributed by atoms with van der Waals surface area (Å²) < 4.78 is 30.3. The van der Waals surface area contributed by atoms with Gasteiger partial charge < -0.3 is 10.1 Å². The number of rotatable bonds is 7. The third-order valence-corrected chi connectivity index (χ3v) is 5.93. The first-order valence-corrected chi connectivity index (χ1v) is 9.78. The van der Waals surface area contributed by atoms with Crippen LogP contribution in [0.3, 0.4) is 0 Å². The van der Waals surface area contributed by atoms with Crippen molar-refractivity contribution >= 4 is 44.9 Å². The average Bonchev–Trinajstić information content (AvgIpc) is 2.66. The van der Waals surface area contributed by atoms with Gasteiger partial charge in [-0.25, -0.2) is 17.5 Å². The number of hydrogen-bond acceptors (Lipinski definition) is 7. The molecule has 0 spiro atoms. The van der Waals surface area contributed by atoms with Crippen molar-refractivity contribution in [2.45, 2.75) is 4.90 Å². The lowest BCUT2D eigenvalue weighted by Gasteiger charge is -2.13. The highest BCUT2D eigenvalue weighted by Crippen LogP contribution is 2.25. The van der Waals surface area contributed by atoms with Crippen LogP contribution in [-0.2, 0) is 19.6 Å². The molecule has 0 aliphatic rings. The van der Waals surface area contributed by atoms with Gasteiger partial charge in [-0.05, 0) is 24.3 Å². The number of nitro groups is 1. The highest BCUT2D eigenvalue weighted by molar-refractivity contribution is 7.89. The number of anilines is 1. The minimum atomic E-state index is -3.90. The van der Waals surface area contributed by atoms with Gasteiger partial charge in [-0.2, -0.15) is 0 Å². The van der Waals surface area contributed by atoms with Crippen molar-refractivity contribution in [1.29, 1.82) is 0 Å². The minimum Gasteiger partial charge on any atom is -0.452 e. The summed E-state index contributed by atoms with van der Waals surface area (Å²) in [4.78, 5) is 34.1. The van der Waals surface area contributed by atoms with Crippen molar-refractivity contribution in [1.82, 2.24) is 4.31 Å². The molecule has 0 aliphatic carbocycles. The van der Waals surface area contributed by atoms with E-state index >= 15 is 0 Å². The summed E-state index contributed by atoms with van der Waals surface area (Å²) in [5.74, 6) is -1.77. The molecule has 2 aromatic rings. The molecule has 2 rings (SSSR count). The Morgan fingerprint density at radius 2 is 1.86 bits per heavy atom. The van der Waals surface area contributed by atoms with E-state index in [0.29, 0.717) is 0 Å². The number of benzene rings is 2. The van der Waals surface area contributed by atoms with Crippen LogP contribution in [0.1, 0.15) is 10.4 Å². The predicted molar refractivity (Wildman–Crippen MR) is 104 cm³/mol. The maximum atomic E-state index is 12.3. The fourth-order valence-electron chi connectivity index (χ4n) is 2.16. The number of sulfonamides is 1. The van der Waals surface area contributed by atoms with E-state index in [1.165, 1.54) is 50.5 Å². The van der Waals surface area contributed by atoms with Crippen LogP contribution in [0.5, 0.6) is 0 Å². The molecule has 1 N–H and O–H groups in total. The smallest absolute Gasteiger partial charge is 0.338 e. The summed E-state index contributed by atoms with van der Waals surface area (Å²) in [6.07, 6.45) is 0. The lowest BCUT2D eigenvalue weighted by Crippen LogP contribution is -2.23. The van der Waals surface area contributed by atoms with Gasteiger partial charge in [0, 0.05) is 20.2 Å². The minimum absolute atomic E-state index is 0.0515. The Bertz CT molecular complexity index is 1070. The van der Waals surface area contributed by atoms with E-state index in [9.17, 15) is 28.1 Å². The van der Waals surface area contributed by atoms with E-state index in [-0.39, 0.29) is 26.9 Å². The number of halogens is 1. The van der Waals surface area contributed by atoms with Gasteiger partial charge in [-0.1, -0.05) is 23.7 Å². The molecule has 29 heavy (non-hydrogen) atoms. The Labute approximate surface area is 171 Å². The Balaban J connectivity index is 2.10. The summed E-state index contributed by atoms with van der Waals surface area (Å²) in [5, 5.41) is 13.1. The first-order valence-electron chi connectivity index (χ1n) is 7.96. The molecule has 10 nitrogen and oxygen atoms in total. The van der Waals surface area contributed by atoms with E-state index in [4.69, 9.17) is 16.3 Å². The molecule has 1 amide bonds. The monoisotopic (exact) mass is 441 g/mol. The molecule has 0 radical (unpaired) electrons. The Morgan fingerprint density at radius 3 is 2.48 bits per heavy atom. The quantitative estimate of drug-likeness (QED) is 0.395. The van der Waals surface area contributed by atoms with Crippen LogP contribution in [0.4, 0.5) is 11.4 Å². The summed E-state index contributed by atoms with van der Waals surface area (Å²) in [5.41, 5.74) is -0.499. The number of amides is 1. The van der Waals surface area contributed by atoms with Gasteiger partial charge in [0.25, 0.3) is 11.6 Å². The SMILES string of the molecule is CN(C)S(=O)(=O)c1cc(C(=O)OCC(=O)Nc2ccccc2[N+](=O)[O-])ccc1Cl. The molecule has 0 unspecified atom stereocenters. The van der Waals surface area contributed by atoms with Gasteiger partial charge in [0.2, 0.25) is 10.0 Å². The normalized spacial score (nSPS) is 11.2. The third kappa shape index (κ3) is 5.28. The van der Waals surface area contributed by atoms with Crippen molar-refractivity contribution in [2.24, 2.45) is 0 Å². The zero-order valence-corrected chi connectivity index (χ0v) is 16.9. The molecule has 0 aliphatic heterocycles. The zero-order valence-electron chi connectivity index (χ0n) is 15.3. The number of esters is 1. The fraction of sp³-hybridized carbons (Fsp3) is 0.176. The number of para-hydroxylation sites is 2. The molecule has 0 heterocycles. The molecular formula is C17H16ClN3O7S. The Kier molecular flexibility index (Phi) is 6.90. The van der Waals surface area contributed by atoms with Crippen LogP contribution in [0.15, 0.2) is 47.4 Å². The predicted octanol–water partition coefficient (Wildman–Crippen LogP) is 2.29. The number of carbonyl (C=O) groups excluding carboxylic acids is 2. The van der Waals surface area contributed by atoms with Crippen LogP contribution >= 0.6 is 11.6 Å². The molecule has 2 aromatic carbocycles. The summed E-state index contributed by atoms with van der Waals surface area (Å²) in [6.45, 7) is -0.733. The molecule has 0 atom stereocenters. The molecule has 0 fully saturated rings. The van der Waals surface area contributed by atoms with Gasteiger partial charge in [0.15, 0.2) is 6.61 Å². The molecule has 12 heteroatoms. The van der Waals surface area contributed by atoms with Crippen LogP contribution in [0.2, 0.25) is 5.02 Å². The molecule has 0 bridgehead atoms. The van der Waals surface area contributed by atoms with E-state index in [1.807, 2.05) is 0 Å². The number of nitrogens with zero attached hydrogens (tertiary/aromatic N) is 2. The first kappa shape index (κ1) is 22.3. The van der Waals surface area contributed by atoms with E-state index < -0.39 is 33.4 Å². The van der Waals surface area contributed by atoms with Gasteiger partial charge in [0.05, 0.1) is 15.5 Å². The number of nitro benzene ring substituents is 1. The average molecular weight is 442 g/mol. The van der Waals surface area contributed by atoms with Crippen LogP contribution < -0.4 is 5.32 Å². The van der Waals surface area contributed by atoms with E-state index in [2.05, 4.69) is 5.32 Å². The van der Waals surface area contributed by atoms with Gasteiger partial charge in [-0.3, -0.25) is 14.9 Å². The molecule has 0 aromatic heterocycles. The highest BCUT2D eigenvalue weighted by Gasteiger charge is 2.23. The standard InChI is InChI=1S/C17H16ClN3O7S/c1-20(2)29(26,27)15-9-11(7-8-12(15)18)17(23)28-10-16(22)19-13-5-3-4-6-14(13)21(24)25/h3-9H,10H2,1-2H3,(H,19,22). The zero-order chi connectivity index (χ0) is 21.8. The Morgan fingerprint density at radius 1 is 1.21 bits per heavy atom. The number of hydrogen-bond donors (Lipinski definition) is 1. The second-order valence-corrected chi connectivity index (χ2v) is 8.36. The molecule has 0 saturated carbocycles. The second kappa shape index (κ2) is 8.99. The molecule has 154 valence electrons. The van der Waals surface area contributed by atoms with Gasteiger partial charge in [0.1, 0.15) is 10.6 Å². The Hall–Kier alpha value is -3.02. The maximum absolute atomic E-state index is 12.3. The van der Waals surface area contributed by atoms with E-state index in [0.717, 1.165) is 10.4 Å².